The lowest BCUT2D eigenvalue weighted by Gasteiger charge is -2.10. The van der Waals surface area contributed by atoms with Crippen molar-refractivity contribution in [1.29, 1.82) is 0 Å². The van der Waals surface area contributed by atoms with Gasteiger partial charge >= 0.3 is 0 Å². The van der Waals surface area contributed by atoms with Crippen LogP contribution in [-0.4, -0.2) is 6.61 Å². The van der Waals surface area contributed by atoms with Gasteiger partial charge in [-0.05, 0) is 42.9 Å². The van der Waals surface area contributed by atoms with E-state index in [9.17, 15) is 0 Å². The van der Waals surface area contributed by atoms with Crippen LogP contribution in [-0.2, 0) is 0 Å². The van der Waals surface area contributed by atoms with Crippen molar-refractivity contribution in [1.82, 2.24) is 0 Å². The van der Waals surface area contributed by atoms with Crippen LogP contribution in [0, 0.1) is 11.8 Å². The summed E-state index contributed by atoms with van der Waals surface area (Å²) >= 11 is 3.78. The van der Waals surface area contributed by atoms with E-state index in [0.717, 1.165) is 24.2 Å². The maximum atomic E-state index is 5.42. The van der Waals surface area contributed by atoms with E-state index in [4.69, 9.17) is 4.74 Å². The van der Waals surface area contributed by atoms with Crippen LogP contribution in [0.25, 0.3) is 0 Å². The lowest BCUT2D eigenvalue weighted by molar-refractivity contribution is 0.340. The molecular weight excluding hydrogens is 252 g/mol. The molecule has 1 aromatic carbocycles. The Bertz CT molecular complexity index is 320. The number of hydrogen-bond acceptors (Lipinski definition) is 1. The molecule has 0 heterocycles. The Morgan fingerprint density at radius 1 is 1.40 bits per heavy atom. The van der Waals surface area contributed by atoms with Gasteiger partial charge in [0.1, 0.15) is 5.75 Å². The zero-order valence-electron chi connectivity index (χ0n) is 9.24. The molecule has 0 radical (unpaired) electrons. The molecule has 0 aliphatic heterocycles. The quantitative estimate of drug-likeness (QED) is 0.745. The lowest BCUT2D eigenvalue weighted by Crippen LogP contribution is -1.95. The summed E-state index contributed by atoms with van der Waals surface area (Å²) in [6, 6.07) is 8.44. The minimum absolute atomic E-state index is 0.517. The number of hydrogen-bond donors (Lipinski definition) is 0. The van der Waals surface area contributed by atoms with Gasteiger partial charge in [-0.2, -0.15) is 0 Å². The normalized spacial score (nSPS) is 26.1. The van der Waals surface area contributed by atoms with Gasteiger partial charge in [0.25, 0.3) is 0 Å². The highest BCUT2D eigenvalue weighted by atomic mass is 79.9. The van der Waals surface area contributed by atoms with E-state index in [1.165, 1.54) is 12.0 Å². The molecule has 0 bridgehead atoms. The van der Waals surface area contributed by atoms with Gasteiger partial charge < -0.3 is 4.74 Å². The number of halogens is 1. The molecule has 3 unspecified atom stereocenters. The minimum atomic E-state index is 0.517. The zero-order chi connectivity index (χ0) is 10.8. The van der Waals surface area contributed by atoms with E-state index in [0.29, 0.717) is 4.83 Å². The molecule has 2 rings (SSSR count). The molecule has 1 aliphatic rings. The highest BCUT2D eigenvalue weighted by Gasteiger charge is 2.38. The van der Waals surface area contributed by atoms with Gasteiger partial charge in [-0.3, -0.25) is 0 Å². The van der Waals surface area contributed by atoms with Crippen molar-refractivity contribution in [2.24, 2.45) is 11.8 Å². The molecule has 82 valence electrons. The summed E-state index contributed by atoms with van der Waals surface area (Å²) < 4.78 is 5.42. The van der Waals surface area contributed by atoms with E-state index in [-0.39, 0.29) is 0 Å². The van der Waals surface area contributed by atoms with E-state index >= 15 is 0 Å². The van der Waals surface area contributed by atoms with Crippen LogP contribution in [0.1, 0.15) is 30.7 Å². The van der Waals surface area contributed by atoms with Gasteiger partial charge in [0, 0.05) is 4.83 Å². The number of rotatable bonds is 4. The standard InChI is InChI=1S/C13H17BrO/c1-3-15-11-6-4-10(5-7-11)13(14)12-8-9(12)2/h4-7,9,12-13H,3,8H2,1-2H3. The molecule has 0 spiro atoms. The van der Waals surface area contributed by atoms with E-state index < -0.39 is 0 Å². The highest BCUT2D eigenvalue weighted by molar-refractivity contribution is 9.09. The zero-order valence-corrected chi connectivity index (χ0v) is 10.8. The first-order chi connectivity index (χ1) is 7.22. The third kappa shape index (κ3) is 2.54. The van der Waals surface area contributed by atoms with Crippen LogP contribution in [0.3, 0.4) is 0 Å². The number of alkyl halides is 1. The Labute approximate surface area is 100.0 Å². The molecule has 1 fully saturated rings. The summed E-state index contributed by atoms with van der Waals surface area (Å²) in [6.07, 6.45) is 1.35. The summed E-state index contributed by atoms with van der Waals surface area (Å²) in [4.78, 5) is 0.517. The second-order valence-electron chi connectivity index (χ2n) is 4.28. The monoisotopic (exact) mass is 268 g/mol. The van der Waals surface area contributed by atoms with E-state index in [1.807, 2.05) is 6.92 Å². The van der Waals surface area contributed by atoms with Crippen molar-refractivity contribution in [3.8, 4) is 5.75 Å². The smallest absolute Gasteiger partial charge is 0.119 e. The number of benzene rings is 1. The fourth-order valence-corrected chi connectivity index (χ4v) is 2.96. The van der Waals surface area contributed by atoms with Gasteiger partial charge in [0.05, 0.1) is 6.61 Å². The first-order valence-electron chi connectivity index (χ1n) is 5.59. The Kier molecular flexibility index (Phi) is 3.35. The topological polar surface area (TPSA) is 9.23 Å². The first-order valence-corrected chi connectivity index (χ1v) is 6.50. The summed E-state index contributed by atoms with van der Waals surface area (Å²) in [5.74, 6) is 2.66. The van der Waals surface area contributed by atoms with Gasteiger partial charge in [0.15, 0.2) is 0 Å². The fourth-order valence-electron chi connectivity index (χ4n) is 1.92. The largest absolute Gasteiger partial charge is 0.494 e. The molecule has 1 nitrogen and oxygen atoms in total. The summed E-state index contributed by atoms with van der Waals surface area (Å²) in [7, 11) is 0. The Morgan fingerprint density at radius 2 is 2.00 bits per heavy atom. The van der Waals surface area contributed by atoms with Crippen molar-refractivity contribution in [3.63, 3.8) is 0 Å². The summed E-state index contributed by atoms with van der Waals surface area (Å²) in [6.45, 7) is 5.05. The fraction of sp³-hybridized carbons (Fsp3) is 0.538. The van der Waals surface area contributed by atoms with Crippen LogP contribution in [0.5, 0.6) is 5.75 Å². The second kappa shape index (κ2) is 4.56. The molecule has 2 heteroatoms. The molecule has 0 amide bonds. The highest BCUT2D eigenvalue weighted by Crippen LogP contribution is 2.51. The van der Waals surface area contributed by atoms with Crippen LogP contribution in [0.4, 0.5) is 0 Å². The predicted octanol–water partition coefficient (Wildman–Crippen LogP) is 4.18. The minimum Gasteiger partial charge on any atom is -0.494 e. The summed E-state index contributed by atoms with van der Waals surface area (Å²) in [5, 5.41) is 0. The maximum Gasteiger partial charge on any atom is 0.119 e. The molecule has 15 heavy (non-hydrogen) atoms. The average molecular weight is 269 g/mol. The SMILES string of the molecule is CCOc1ccc(C(Br)C2CC2C)cc1. The molecule has 1 aliphatic carbocycles. The van der Waals surface area contributed by atoms with Crippen LogP contribution in [0.2, 0.25) is 0 Å². The van der Waals surface area contributed by atoms with E-state index in [1.54, 1.807) is 0 Å². The second-order valence-corrected chi connectivity index (χ2v) is 5.27. The van der Waals surface area contributed by atoms with Gasteiger partial charge in [-0.1, -0.05) is 35.0 Å². The lowest BCUT2D eigenvalue weighted by atomic mass is 10.1. The molecule has 0 saturated heterocycles. The van der Waals surface area contributed by atoms with E-state index in [2.05, 4.69) is 47.1 Å². The molecule has 1 aromatic rings. The average Bonchev–Trinajstić information content (AvgIpc) is 2.96. The van der Waals surface area contributed by atoms with Crippen LogP contribution < -0.4 is 4.74 Å². The number of ether oxygens (including phenoxy) is 1. The summed E-state index contributed by atoms with van der Waals surface area (Å²) in [5.41, 5.74) is 1.37. The third-order valence-corrected chi connectivity index (χ3v) is 4.26. The predicted molar refractivity (Wildman–Crippen MR) is 66.6 cm³/mol. The van der Waals surface area contributed by atoms with Crippen LogP contribution >= 0.6 is 15.9 Å². The molecule has 1 saturated carbocycles. The van der Waals surface area contributed by atoms with Gasteiger partial charge in [-0.25, -0.2) is 0 Å². The van der Waals surface area contributed by atoms with Crippen molar-refractivity contribution in [3.05, 3.63) is 29.8 Å². The van der Waals surface area contributed by atoms with Crippen molar-refractivity contribution < 1.29 is 4.74 Å². The van der Waals surface area contributed by atoms with Gasteiger partial charge in [0.2, 0.25) is 0 Å². The molecular formula is C13H17BrO. The maximum absolute atomic E-state index is 5.42. The van der Waals surface area contributed by atoms with Crippen LogP contribution in [0.15, 0.2) is 24.3 Å². The van der Waals surface area contributed by atoms with Crippen molar-refractivity contribution in [2.45, 2.75) is 25.1 Å². The molecule has 3 atom stereocenters. The molecule has 0 N–H and O–H groups in total. The third-order valence-electron chi connectivity index (χ3n) is 3.06. The Balaban J connectivity index is 2.03. The van der Waals surface area contributed by atoms with Gasteiger partial charge in [-0.15, -0.1) is 0 Å². The van der Waals surface area contributed by atoms with Crippen molar-refractivity contribution >= 4 is 15.9 Å². The molecule has 0 aromatic heterocycles. The first kappa shape index (κ1) is 11.0. The van der Waals surface area contributed by atoms with Crippen molar-refractivity contribution in [2.75, 3.05) is 6.61 Å². The Hall–Kier alpha value is -0.500. The Morgan fingerprint density at radius 3 is 2.47 bits per heavy atom.